The normalized spacial score (nSPS) is 14.8. The van der Waals surface area contributed by atoms with Gasteiger partial charge in [0, 0.05) is 0 Å². The van der Waals surface area contributed by atoms with Crippen molar-refractivity contribution in [2.45, 2.75) is 19.3 Å². The molecule has 1 aliphatic carbocycles. The number of hydrogen-bond acceptors (Lipinski definition) is 5. The average molecular weight is 308 g/mol. The van der Waals surface area contributed by atoms with Crippen LogP contribution in [-0.2, 0) is 10.0 Å². The van der Waals surface area contributed by atoms with Gasteiger partial charge in [0.25, 0.3) is 5.91 Å². The number of nitriles is 1. The maximum Gasteiger partial charge on any atom is 0.268 e. The number of carbonyl (C=O) groups is 1. The van der Waals surface area contributed by atoms with Gasteiger partial charge in [-0.1, -0.05) is 18.6 Å². The van der Waals surface area contributed by atoms with Gasteiger partial charge in [-0.05, 0) is 30.9 Å². The summed E-state index contributed by atoms with van der Waals surface area (Å²) < 4.78 is 31.0. The van der Waals surface area contributed by atoms with Gasteiger partial charge in [0.1, 0.15) is 11.8 Å². The lowest BCUT2D eigenvalue weighted by Gasteiger charge is -2.24. The van der Waals surface area contributed by atoms with E-state index in [0.717, 1.165) is 19.3 Å². The third-order valence-electron chi connectivity index (χ3n) is 3.35. The standard InChI is InChI=1S/C14H16N2O4S/c15-8-9-20-13-7-2-1-6-12(13)14(17)16-21(18,19)10-11-4-3-5-11/h1-2,6-7,11H,3-5,9-10H2,(H,16,17). The second-order valence-electron chi connectivity index (χ2n) is 4.95. The summed E-state index contributed by atoms with van der Waals surface area (Å²) in [7, 11) is -3.65. The van der Waals surface area contributed by atoms with Gasteiger partial charge in [0.05, 0.1) is 11.3 Å². The lowest BCUT2D eigenvalue weighted by molar-refractivity contribution is 0.0977. The van der Waals surface area contributed by atoms with Crippen LogP contribution in [0.2, 0.25) is 0 Å². The fourth-order valence-electron chi connectivity index (χ4n) is 2.10. The molecule has 1 saturated carbocycles. The van der Waals surface area contributed by atoms with E-state index >= 15 is 0 Å². The largest absolute Gasteiger partial charge is 0.478 e. The smallest absolute Gasteiger partial charge is 0.268 e. The molecule has 0 heterocycles. The maximum absolute atomic E-state index is 12.1. The number of para-hydroxylation sites is 1. The Bertz CT molecular complexity index is 660. The Hall–Kier alpha value is -2.07. The van der Waals surface area contributed by atoms with Gasteiger partial charge in [-0.25, -0.2) is 13.1 Å². The Morgan fingerprint density at radius 3 is 2.71 bits per heavy atom. The molecule has 0 aromatic heterocycles. The maximum atomic E-state index is 12.1. The summed E-state index contributed by atoms with van der Waals surface area (Å²) in [5.41, 5.74) is 0.102. The quantitative estimate of drug-likeness (QED) is 0.858. The number of rotatable bonds is 6. The molecule has 112 valence electrons. The van der Waals surface area contributed by atoms with E-state index in [1.165, 1.54) is 12.1 Å². The third kappa shape index (κ3) is 4.20. The summed E-state index contributed by atoms with van der Waals surface area (Å²) in [6.07, 6.45) is 2.81. The second-order valence-corrected chi connectivity index (χ2v) is 6.72. The van der Waals surface area contributed by atoms with E-state index in [1.54, 1.807) is 18.2 Å². The first-order chi connectivity index (χ1) is 10.0. The highest BCUT2D eigenvalue weighted by molar-refractivity contribution is 7.90. The van der Waals surface area contributed by atoms with Crippen LogP contribution < -0.4 is 9.46 Å². The van der Waals surface area contributed by atoms with Crippen LogP contribution in [0.1, 0.15) is 29.6 Å². The van der Waals surface area contributed by atoms with Gasteiger partial charge in [0.15, 0.2) is 6.61 Å². The lowest BCUT2D eigenvalue weighted by Crippen LogP contribution is -2.36. The van der Waals surface area contributed by atoms with E-state index in [9.17, 15) is 13.2 Å². The number of benzene rings is 1. The summed E-state index contributed by atoms with van der Waals surface area (Å²) >= 11 is 0. The molecule has 1 N–H and O–H groups in total. The predicted molar refractivity (Wildman–Crippen MR) is 76.1 cm³/mol. The van der Waals surface area contributed by atoms with E-state index in [4.69, 9.17) is 10.00 Å². The zero-order valence-corrected chi connectivity index (χ0v) is 12.2. The van der Waals surface area contributed by atoms with Gasteiger partial charge in [-0.2, -0.15) is 5.26 Å². The monoisotopic (exact) mass is 308 g/mol. The first kappa shape index (κ1) is 15.3. The van der Waals surface area contributed by atoms with Gasteiger partial charge >= 0.3 is 0 Å². The van der Waals surface area contributed by atoms with E-state index in [-0.39, 0.29) is 29.6 Å². The first-order valence-corrected chi connectivity index (χ1v) is 8.30. The topological polar surface area (TPSA) is 96.3 Å². The Kier molecular flexibility index (Phi) is 4.81. The molecule has 21 heavy (non-hydrogen) atoms. The fourth-order valence-corrected chi connectivity index (χ4v) is 3.53. The highest BCUT2D eigenvalue weighted by Gasteiger charge is 2.26. The Labute approximate surface area is 123 Å². The van der Waals surface area contributed by atoms with Crippen LogP contribution in [-0.4, -0.2) is 26.7 Å². The van der Waals surface area contributed by atoms with Gasteiger partial charge in [0.2, 0.25) is 10.0 Å². The van der Waals surface area contributed by atoms with Crippen molar-refractivity contribution in [1.82, 2.24) is 4.72 Å². The minimum Gasteiger partial charge on any atom is -0.478 e. The third-order valence-corrected chi connectivity index (χ3v) is 4.76. The van der Waals surface area contributed by atoms with E-state index in [2.05, 4.69) is 4.72 Å². The molecular weight excluding hydrogens is 292 g/mol. The highest BCUT2D eigenvalue weighted by Crippen LogP contribution is 2.27. The van der Waals surface area contributed by atoms with Crippen LogP contribution in [0.25, 0.3) is 0 Å². The molecule has 0 spiro atoms. The van der Waals surface area contributed by atoms with Crippen molar-refractivity contribution in [2.24, 2.45) is 5.92 Å². The van der Waals surface area contributed by atoms with Gasteiger partial charge < -0.3 is 4.74 Å². The summed E-state index contributed by atoms with van der Waals surface area (Å²) in [4.78, 5) is 12.1. The molecule has 1 aliphatic rings. The Balaban J connectivity index is 2.07. The van der Waals surface area contributed by atoms with Crippen LogP contribution in [0.5, 0.6) is 5.75 Å². The SMILES string of the molecule is N#CCOc1ccccc1C(=O)NS(=O)(=O)CC1CCC1. The number of sulfonamides is 1. The summed E-state index contributed by atoms with van der Waals surface area (Å²) in [5.74, 6) is -0.432. The minimum atomic E-state index is -3.65. The van der Waals surface area contributed by atoms with Crippen LogP contribution in [0.3, 0.4) is 0 Å². The molecule has 0 aliphatic heterocycles. The highest BCUT2D eigenvalue weighted by atomic mass is 32.2. The summed E-state index contributed by atoms with van der Waals surface area (Å²) in [5, 5.41) is 8.50. The zero-order chi connectivity index (χ0) is 15.3. The number of hydrogen-bond donors (Lipinski definition) is 1. The van der Waals surface area contributed by atoms with Gasteiger partial charge in [-0.15, -0.1) is 0 Å². The van der Waals surface area contributed by atoms with Crippen molar-refractivity contribution in [2.75, 3.05) is 12.4 Å². The van der Waals surface area contributed by atoms with E-state index in [1.807, 2.05) is 0 Å². The van der Waals surface area contributed by atoms with Crippen molar-refractivity contribution in [3.63, 3.8) is 0 Å². The molecular formula is C14H16N2O4S. The van der Waals surface area contributed by atoms with Crippen LogP contribution in [0, 0.1) is 17.2 Å². The van der Waals surface area contributed by atoms with Crippen molar-refractivity contribution in [1.29, 1.82) is 5.26 Å². The lowest BCUT2D eigenvalue weighted by atomic mass is 9.87. The minimum absolute atomic E-state index is 0.0278. The number of carbonyl (C=O) groups excluding carboxylic acids is 1. The van der Waals surface area contributed by atoms with Crippen molar-refractivity contribution in [3.05, 3.63) is 29.8 Å². The summed E-state index contributed by atoms with van der Waals surface area (Å²) in [6, 6.07) is 8.03. The molecule has 1 aromatic rings. The molecule has 0 radical (unpaired) electrons. The van der Waals surface area contributed by atoms with Crippen molar-refractivity contribution < 1.29 is 17.9 Å². The van der Waals surface area contributed by atoms with Crippen molar-refractivity contribution in [3.8, 4) is 11.8 Å². The first-order valence-electron chi connectivity index (χ1n) is 6.65. The zero-order valence-electron chi connectivity index (χ0n) is 11.4. The average Bonchev–Trinajstić information content (AvgIpc) is 2.40. The Morgan fingerprint density at radius 1 is 1.38 bits per heavy atom. The molecule has 1 aromatic carbocycles. The molecule has 0 saturated heterocycles. The van der Waals surface area contributed by atoms with E-state index in [0.29, 0.717) is 0 Å². The number of amides is 1. The number of ether oxygens (including phenoxy) is 1. The molecule has 7 heteroatoms. The molecule has 0 atom stereocenters. The Morgan fingerprint density at radius 2 is 2.10 bits per heavy atom. The number of nitrogens with one attached hydrogen (secondary N) is 1. The fraction of sp³-hybridized carbons (Fsp3) is 0.429. The predicted octanol–water partition coefficient (Wildman–Crippen LogP) is 1.45. The van der Waals surface area contributed by atoms with Crippen LogP contribution >= 0.6 is 0 Å². The van der Waals surface area contributed by atoms with Crippen LogP contribution in [0.15, 0.2) is 24.3 Å². The van der Waals surface area contributed by atoms with Gasteiger partial charge in [-0.3, -0.25) is 4.79 Å². The van der Waals surface area contributed by atoms with Crippen molar-refractivity contribution >= 4 is 15.9 Å². The molecule has 0 unspecified atom stereocenters. The molecule has 6 nitrogen and oxygen atoms in total. The second kappa shape index (κ2) is 6.59. The van der Waals surface area contributed by atoms with E-state index < -0.39 is 15.9 Å². The molecule has 0 bridgehead atoms. The molecule has 2 rings (SSSR count). The molecule has 1 amide bonds. The number of nitrogens with zero attached hydrogens (tertiary/aromatic N) is 1. The van der Waals surface area contributed by atoms with Crippen LogP contribution in [0.4, 0.5) is 0 Å². The molecule has 1 fully saturated rings. The summed E-state index contributed by atoms with van der Waals surface area (Å²) in [6.45, 7) is -0.209.